The van der Waals surface area contributed by atoms with E-state index >= 15 is 0 Å². The molecule has 2 heterocycles. The molecule has 0 radical (unpaired) electrons. The van der Waals surface area contributed by atoms with Gasteiger partial charge in [-0.15, -0.1) is 0 Å². The molecule has 2 fully saturated rings. The number of amides is 6. The van der Waals surface area contributed by atoms with Crippen molar-refractivity contribution in [2.45, 2.75) is 51.9 Å². The van der Waals surface area contributed by atoms with Gasteiger partial charge in [0.25, 0.3) is 11.8 Å². The Labute approximate surface area is 224 Å². The Morgan fingerprint density at radius 3 is 1.21 bits per heavy atom. The summed E-state index contributed by atoms with van der Waals surface area (Å²) >= 11 is 0. The first-order valence-electron chi connectivity index (χ1n) is 12.1. The molecule has 2 aliphatic heterocycles. The lowest BCUT2D eigenvalue weighted by Crippen LogP contribution is -2.55. The van der Waals surface area contributed by atoms with Crippen molar-refractivity contribution in [2.24, 2.45) is 0 Å². The molecular weight excluding hydrogens is 508 g/mol. The van der Waals surface area contributed by atoms with Gasteiger partial charge in [0.05, 0.1) is 24.2 Å². The summed E-state index contributed by atoms with van der Waals surface area (Å²) in [6.45, 7) is 5.71. The van der Waals surface area contributed by atoms with Crippen LogP contribution in [0.5, 0.6) is 0 Å². The Balaban J connectivity index is 1.54. The lowest BCUT2D eigenvalue weighted by molar-refractivity contribution is -0.133. The van der Waals surface area contributed by atoms with E-state index in [1.165, 1.54) is 58.3 Å². The zero-order valence-electron chi connectivity index (χ0n) is 21.9. The molecule has 12 nitrogen and oxygen atoms in total. The minimum absolute atomic E-state index is 0.0709. The number of carboxylic acid groups (broad SMARTS) is 2. The fourth-order valence-electron chi connectivity index (χ4n) is 4.60. The van der Waals surface area contributed by atoms with Crippen LogP contribution in [-0.2, 0) is 22.7 Å². The van der Waals surface area contributed by atoms with Crippen LogP contribution < -0.4 is 0 Å². The summed E-state index contributed by atoms with van der Waals surface area (Å²) in [7, 11) is 0. The summed E-state index contributed by atoms with van der Waals surface area (Å²) in [6.07, 6.45) is 0. The highest BCUT2D eigenvalue weighted by atomic mass is 16.4. The van der Waals surface area contributed by atoms with Gasteiger partial charge in [-0.25, -0.2) is 19.2 Å². The Morgan fingerprint density at radius 2 is 0.923 bits per heavy atom. The largest absolute Gasteiger partial charge is 0.478 e. The summed E-state index contributed by atoms with van der Waals surface area (Å²) in [6, 6.07) is 10.3. The molecule has 2 saturated heterocycles. The van der Waals surface area contributed by atoms with Crippen LogP contribution in [0.15, 0.2) is 48.5 Å². The van der Waals surface area contributed by atoms with Crippen molar-refractivity contribution in [3.05, 3.63) is 70.8 Å². The predicted octanol–water partition coefficient (Wildman–Crippen LogP) is 2.83. The average molecular weight is 537 g/mol. The molecular formula is C27H28N4O8. The zero-order valence-corrected chi connectivity index (χ0v) is 21.9. The van der Waals surface area contributed by atoms with Gasteiger partial charge in [-0.1, -0.05) is 24.3 Å². The maximum absolute atomic E-state index is 13.4. The van der Waals surface area contributed by atoms with Gasteiger partial charge in [0.15, 0.2) is 0 Å². The number of benzene rings is 2. The second-order valence-corrected chi connectivity index (χ2v) is 10.5. The van der Waals surface area contributed by atoms with Crippen molar-refractivity contribution in [3.63, 3.8) is 0 Å². The van der Waals surface area contributed by atoms with E-state index in [-0.39, 0.29) is 30.9 Å². The van der Waals surface area contributed by atoms with Gasteiger partial charge in [-0.05, 0) is 63.1 Å². The molecule has 12 heteroatoms. The topological polar surface area (TPSA) is 156 Å². The summed E-state index contributed by atoms with van der Waals surface area (Å²) in [4.78, 5) is 80.1. The standard InChI is InChI=1S/C27H28N4O8/c1-26(2)22(36)28(13-16-5-9-18(10-6-16)20(32)33)24(38)30(26)15-31-25(39)29(23(37)27(31,3)4)14-17-7-11-19(12-8-17)21(34)35/h5-12H,13-15H2,1-4H3,(H,32,33)(H,34,35). The number of carbonyl (C=O) groups is 6. The molecule has 0 aliphatic carbocycles. The first kappa shape index (κ1) is 27.3. The summed E-state index contributed by atoms with van der Waals surface area (Å²) in [5.41, 5.74) is -1.41. The van der Waals surface area contributed by atoms with Crippen LogP contribution in [0.3, 0.4) is 0 Å². The van der Waals surface area contributed by atoms with Crippen LogP contribution in [0.4, 0.5) is 9.59 Å². The summed E-state index contributed by atoms with van der Waals surface area (Å²) < 4.78 is 0. The van der Waals surface area contributed by atoms with Gasteiger partial charge in [0.2, 0.25) is 0 Å². The number of rotatable bonds is 8. The van der Waals surface area contributed by atoms with E-state index in [4.69, 9.17) is 10.2 Å². The third-order valence-electron chi connectivity index (χ3n) is 7.18. The Kier molecular flexibility index (Phi) is 6.67. The van der Waals surface area contributed by atoms with Crippen molar-refractivity contribution >= 4 is 35.8 Å². The van der Waals surface area contributed by atoms with Crippen molar-refractivity contribution in [2.75, 3.05) is 6.67 Å². The molecule has 0 bridgehead atoms. The summed E-state index contributed by atoms with van der Waals surface area (Å²) in [5, 5.41) is 18.2. The van der Waals surface area contributed by atoms with Crippen LogP contribution in [-0.4, -0.2) is 83.4 Å². The Bertz CT molecular complexity index is 1280. The number of carbonyl (C=O) groups excluding carboxylic acids is 4. The third kappa shape index (κ3) is 4.69. The molecule has 2 N–H and O–H groups in total. The van der Waals surface area contributed by atoms with Gasteiger partial charge in [-0.3, -0.25) is 29.2 Å². The molecule has 2 aliphatic rings. The fourth-order valence-corrected chi connectivity index (χ4v) is 4.60. The number of urea groups is 2. The minimum atomic E-state index is -1.32. The minimum Gasteiger partial charge on any atom is -0.478 e. The van der Waals surface area contributed by atoms with Crippen LogP contribution in [0.25, 0.3) is 0 Å². The van der Waals surface area contributed by atoms with Crippen LogP contribution in [0.2, 0.25) is 0 Å². The lowest BCUT2D eigenvalue weighted by atomic mass is 10.0. The van der Waals surface area contributed by atoms with E-state index in [1.807, 2.05) is 0 Å². The summed E-state index contributed by atoms with van der Waals surface area (Å²) in [5.74, 6) is -3.19. The second kappa shape index (κ2) is 9.53. The first-order valence-corrected chi connectivity index (χ1v) is 12.1. The normalized spacial score (nSPS) is 18.4. The molecule has 0 unspecified atom stereocenters. The van der Waals surface area contributed by atoms with Crippen LogP contribution in [0, 0.1) is 0 Å². The van der Waals surface area contributed by atoms with Gasteiger partial charge < -0.3 is 10.2 Å². The smallest absolute Gasteiger partial charge is 0.335 e. The van der Waals surface area contributed by atoms with E-state index < -0.39 is 46.9 Å². The highest BCUT2D eigenvalue weighted by molar-refractivity contribution is 6.08. The Hall–Kier alpha value is -4.74. The van der Waals surface area contributed by atoms with E-state index in [0.29, 0.717) is 11.1 Å². The van der Waals surface area contributed by atoms with Gasteiger partial charge in [-0.2, -0.15) is 0 Å². The number of hydrogen-bond acceptors (Lipinski definition) is 6. The molecule has 204 valence electrons. The molecule has 2 aromatic rings. The molecule has 6 amide bonds. The maximum Gasteiger partial charge on any atom is 0.335 e. The van der Waals surface area contributed by atoms with E-state index in [0.717, 1.165) is 9.80 Å². The lowest BCUT2D eigenvalue weighted by Gasteiger charge is -2.36. The molecule has 4 rings (SSSR count). The highest BCUT2D eigenvalue weighted by Crippen LogP contribution is 2.34. The van der Waals surface area contributed by atoms with Crippen molar-refractivity contribution in [1.82, 2.24) is 19.6 Å². The highest BCUT2D eigenvalue weighted by Gasteiger charge is 2.57. The van der Waals surface area contributed by atoms with E-state index in [9.17, 15) is 28.8 Å². The third-order valence-corrected chi connectivity index (χ3v) is 7.18. The van der Waals surface area contributed by atoms with E-state index in [2.05, 4.69) is 0 Å². The van der Waals surface area contributed by atoms with Gasteiger partial charge in [0, 0.05) is 0 Å². The van der Waals surface area contributed by atoms with Crippen molar-refractivity contribution in [3.8, 4) is 0 Å². The average Bonchev–Trinajstić information content (AvgIpc) is 3.14. The first-order chi connectivity index (χ1) is 18.2. The number of nitrogens with zero attached hydrogens (tertiary/aromatic N) is 4. The van der Waals surface area contributed by atoms with Crippen molar-refractivity contribution in [1.29, 1.82) is 0 Å². The molecule has 0 spiro atoms. The number of carboxylic acids is 2. The number of hydrogen-bond donors (Lipinski definition) is 2. The zero-order chi connectivity index (χ0) is 28.9. The SMILES string of the molecule is CC1(C)C(=O)N(Cc2ccc(C(=O)O)cc2)C(=O)N1CN1C(=O)N(Cc2ccc(C(=O)O)cc2)C(=O)C1(C)C. The molecule has 0 atom stereocenters. The molecule has 0 saturated carbocycles. The second-order valence-electron chi connectivity index (χ2n) is 10.5. The molecule has 39 heavy (non-hydrogen) atoms. The fraction of sp³-hybridized carbons (Fsp3) is 0.333. The van der Waals surface area contributed by atoms with Crippen molar-refractivity contribution < 1.29 is 39.0 Å². The Morgan fingerprint density at radius 1 is 0.615 bits per heavy atom. The predicted molar refractivity (Wildman–Crippen MR) is 135 cm³/mol. The number of aromatic carboxylic acids is 2. The van der Waals surface area contributed by atoms with Gasteiger partial charge in [0.1, 0.15) is 17.7 Å². The maximum atomic E-state index is 13.4. The van der Waals surface area contributed by atoms with Crippen LogP contribution in [0.1, 0.15) is 59.5 Å². The quantitative estimate of drug-likeness (QED) is 0.488. The van der Waals surface area contributed by atoms with E-state index in [1.54, 1.807) is 27.7 Å². The van der Waals surface area contributed by atoms with Gasteiger partial charge >= 0.3 is 24.0 Å². The monoisotopic (exact) mass is 536 g/mol. The number of imide groups is 2. The molecule has 0 aromatic heterocycles. The van der Waals surface area contributed by atoms with Crippen LogP contribution >= 0.6 is 0 Å². The molecule has 2 aromatic carbocycles.